The topological polar surface area (TPSA) is 7.68 Å². The molecule has 66 valence electrons. The normalized spacial score (nSPS) is 32.2. The van der Waals surface area contributed by atoms with Gasteiger partial charge in [0.05, 0.1) is 19.1 Å². The molecule has 1 aliphatic heterocycles. The molecule has 0 aromatic carbocycles. The highest BCUT2D eigenvalue weighted by Gasteiger charge is 2.25. The van der Waals surface area contributed by atoms with Gasteiger partial charge in [0.25, 0.3) is 0 Å². The summed E-state index contributed by atoms with van der Waals surface area (Å²) < 4.78 is 0. The molecule has 0 aliphatic carbocycles. The Labute approximate surface area is 70.2 Å². The van der Waals surface area contributed by atoms with Crippen LogP contribution in [0.4, 0.5) is 0 Å². The zero-order valence-electron chi connectivity index (χ0n) is 7.93. The van der Waals surface area contributed by atoms with E-state index in [0.717, 1.165) is 6.04 Å². The highest BCUT2D eigenvalue weighted by Crippen LogP contribution is 2.06. The number of hydrogen-bond acceptors (Lipinski definition) is 1. The third-order valence-electron chi connectivity index (χ3n) is 2.75. The minimum atomic E-state index is 0.672. The highest BCUT2D eigenvalue weighted by molar-refractivity contribution is 4.73. The SMILES string of the molecule is [CH2-][NH+]1CC[C@H](N(C)C(C)C)C1. The fourth-order valence-electron chi connectivity index (χ4n) is 1.68. The van der Waals surface area contributed by atoms with Crippen molar-refractivity contribution in [3.63, 3.8) is 0 Å². The van der Waals surface area contributed by atoms with E-state index in [-0.39, 0.29) is 0 Å². The zero-order valence-corrected chi connectivity index (χ0v) is 7.93. The van der Waals surface area contributed by atoms with E-state index in [1.54, 1.807) is 0 Å². The number of rotatable bonds is 2. The van der Waals surface area contributed by atoms with Gasteiger partial charge in [0.1, 0.15) is 0 Å². The van der Waals surface area contributed by atoms with Gasteiger partial charge in [-0.25, -0.2) is 0 Å². The average Bonchev–Trinajstić information content (AvgIpc) is 2.34. The molecule has 1 fully saturated rings. The fraction of sp³-hybridized carbons (Fsp3) is 0.889. The number of nitrogens with one attached hydrogen (secondary N) is 1. The molecule has 0 aromatic heterocycles. The number of quaternary nitrogens is 1. The van der Waals surface area contributed by atoms with Crippen LogP contribution in [0.3, 0.4) is 0 Å². The van der Waals surface area contributed by atoms with Gasteiger partial charge in [0.2, 0.25) is 0 Å². The third-order valence-corrected chi connectivity index (χ3v) is 2.75. The molecule has 1 saturated heterocycles. The fourth-order valence-corrected chi connectivity index (χ4v) is 1.68. The molecule has 1 rings (SSSR count). The maximum absolute atomic E-state index is 4.02. The van der Waals surface area contributed by atoms with Crippen LogP contribution in [0, 0.1) is 7.05 Å². The van der Waals surface area contributed by atoms with Crippen molar-refractivity contribution < 1.29 is 4.90 Å². The van der Waals surface area contributed by atoms with Crippen LogP contribution in [0.5, 0.6) is 0 Å². The van der Waals surface area contributed by atoms with Crippen molar-refractivity contribution in [2.75, 3.05) is 20.1 Å². The van der Waals surface area contributed by atoms with Gasteiger partial charge in [-0.3, -0.25) is 4.90 Å². The minimum Gasteiger partial charge on any atom is -0.466 e. The first-order valence-electron chi connectivity index (χ1n) is 4.50. The molecule has 0 amide bonds. The van der Waals surface area contributed by atoms with Crippen LogP contribution in [0.15, 0.2) is 0 Å². The number of nitrogens with zero attached hydrogens (tertiary/aromatic N) is 1. The Bertz CT molecular complexity index is 123. The van der Waals surface area contributed by atoms with Crippen molar-refractivity contribution in [2.45, 2.75) is 32.4 Å². The van der Waals surface area contributed by atoms with E-state index in [1.807, 2.05) is 0 Å². The summed E-state index contributed by atoms with van der Waals surface area (Å²) in [6.07, 6.45) is 1.31. The van der Waals surface area contributed by atoms with Gasteiger partial charge in [0.15, 0.2) is 0 Å². The lowest BCUT2D eigenvalue weighted by atomic mass is 10.2. The van der Waals surface area contributed by atoms with Gasteiger partial charge >= 0.3 is 0 Å². The second-order valence-corrected chi connectivity index (χ2v) is 3.91. The molecular weight excluding hydrogens is 136 g/mol. The Morgan fingerprint density at radius 1 is 1.55 bits per heavy atom. The molecule has 0 saturated carbocycles. The Kier molecular flexibility index (Phi) is 2.90. The summed E-state index contributed by atoms with van der Waals surface area (Å²) in [6, 6.07) is 1.44. The highest BCUT2D eigenvalue weighted by atomic mass is 15.2. The van der Waals surface area contributed by atoms with Crippen molar-refractivity contribution in [1.29, 1.82) is 0 Å². The molecule has 1 unspecified atom stereocenters. The lowest BCUT2D eigenvalue weighted by molar-refractivity contribution is -0.840. The van der Waals surface area contributed by atoms with E-state index in [2.05, 4.69) is 32.8 Å². The molecule has 0 aromatic rings. The van der Waals surface area contributed by atoms with Crippen LogP contribution in [0.25, 0.3) is 0 Å². The maximum atomic E-state index is 4.02. The Balaban J connectivity index is 2.36. The average molecular weight is 156 g/mol. The number of likely N-dealkylation sites (N-methyl/N-ethyl adjacent to an activating group) is 1. The molecule has 2 heteroatoms. The minimum absolute atomic E-state index is 0.672. The quantitative estimate of drug-likeness (QED) is 0.543. The Morgan fingerprint density at radius 3 is 2.55 bits per heavy atom. The third kappa shape index (κ3) is 2.17. The van der Waals surface area contributed by atoms with Crippen LogP contribution in [-0.4, -0.2) is 37.1 Å². The lowest BCUT2D eigenvalue weighted by Crippen LogP contribution is -3.05. The van der Waals surface area contributed by atoms with Crippen LogP contribution in [0.2, 0.25) is 0 Å². The van der Waals surface area contributed by atoms with Crippen LogP contribution in [0.1, 0.15) is 20.3 Å². The first-order chi connectivity index (χ1) is 5.11. The molecular formula is C9H20N2. The molecule has 11 heavy (non-hydrogen) atoms. The summed E-state index contributed by atoms with van der Waals surface area (Å²) in [5, 5.41) is 0. The smallest absolute Gasteiger partial charge is 0.0691 e. The zero-order chi connectivity index (χ0) is 8.43. The van der Waals surface area contributed by atoms with Gasteiger partial charge in [0, 0.05) is 12.5 Å². The van der Waals surface area contributed by atoms with E-state index >= 15 is 0 Å². The van der Waals surface area contributed by atoms with Gasteiger partial charge in [-0.05, 0) is 20.9 Å². The first-order valence-corrected chi connectivity index (χ1v) is 4.50. The first kappa shape index (κ1) is 9.01. The van der Waals surface area contributed by atoms with Crippen molar-refractivity contribution in [2.24, 2.45) is 0 Å². The van der Waals surface area contributed by atoms with Crippen LogP contribution >= 0.6 is 0 Å². The second kappa shape index (κ2) is 3.55. The van der Waals surface area contributed by atoms with Crippen molar-refractivity contribution in [1.82, 2.24) is 4.90 Å². The summed E-state index contributed by atoms with van der Waals surface area (Å²) in [4.78, 5) is 3.89. The van der Waals surface area contributed by atoms with E-state index < -0.39 is 0 Å². The summed E-state index contributed by atoms with van der Waals surface area (Å²) in [7, 11) is 6.24. The van der Waals surface area contributed by atoms with Crippen molar-refractivity contribution in [3.8, 4) is 0 Å². The van der Waals surface area contributed by atoms with Crippen LogP contribution in [-0.2, 0) is 0 Å². The standard InChI is InChI=1S/C9H20N2/c1-8(2)11(4)9-5-6-10(3)7-9/h8-10H,3,5-7H2,1-2,4H3/t9-/m0/s1. The predicted octanol–water partition coefficient (Wildman–Crippen LogP) is -0.225. The van der Waals surface area contributed by atoms with Crippen molar-refractivity contribution >= 4 is 0 Å². The summed E-state index contributed by atoms with van der Waals surface area (Å²) in [5.41, 5.74) is 0. The maximum Gasteiger partial charge on any atom is 0.0691 e. The Hall–Kier alpha value is -0.0800. The lowest BCUT2D eigenvalue weighted by Gasteiger charge is -2.27. The monoisotopic (exact) mass is 156 g/mol. The summed E-state index contributed by atoms with van der Waals surface area (Å²) in [5.74, 6) is 0. The Morgan fingerprint density at radius 2 is 2.18 bits per heavy atom. The predicted molar refractivity (Wildman–Crippen MR) is 47.4 cm³/mol. The molecule has 2 nitrogen and oxygen atoms in total. The molecule has 0 bridgehead atoms. The van der Waals surface area contributed by atoms with Gasteiger partial charge in [-0.1, -0.05) is 0 Å². The number of likely N-dealkylation sites (tertiary alicyclic amines) is 1. The molecule has 1 N–H and O–H groups in total. The van der Waals surface area contributed by atoms with E-state index in [9.17, 15) is 0 Å². The van der Waals surface area contributed by atoms with Gasteiger partial charge in [-0.2, -0.15) is 7.05 Å². The summed E-state index contributed by atoms with van der Waals surface area (Å²) in [6.45, 7) is 6.96. The van der Waals surface area contributed by atoms with Gasteiger partial charge in [-0.15, -0.1) is 0 Å². The van der Waals surface area contributed by atoms with E-state index in [1.165, 1.54) is 24.4 Å². The molecule has 1 heterocycles. The van der Waals surface area contributed by atoms with E-state index in [4.69, 9.17) is 0 Å². The second-order valence-electron chi connectivity index (χ2n) is 3.91. The molecule has 2 atom stereocenters. The summed E-state index contributed by atoms with van der Waals surface area (Å²) >= 11 is 0. The van der Waals surface area contributed by atoms with Gasteiger partial charge < -0.3 is 4.90 Å². The largest absolute Gasteiger partial charge is 0.466 e. The molecule has 1 aliphatic rings. The van der Waals surface area contributed by atoms with Crippen LogP contribution < -0.4 is 4.90 Å². The molecule has 0 radical (unpaired) electrons. The molecule has 0 spiro atoms. The van der Waals surface area contributed by atoms with Crippen molar-refractivity contribution in [3.05, 3.63) is 7.05 Å². The van der Waals surface area contributed by atoms with E-state index in [0.29, 0.717) is 6.04 Å². The number of hydrogen-bond donors (Lipinski definition) is 1.